The number of carbonyl (C=O) groups is 3. The summed E-state index contributed by atoms with van der Waals surface area (Å²) in [7, 11) is 0. The molecule has 0 unspecified atom stereocenters. The molecule has 3 aromatic carbocycles. The maximum atomic E-state index is 12.8. The van der Waals surface area contributed by atoms with Gasteiger partial charge in [0.1, 0.15) is 0 Å². The summed E-state index contributed by atoms with van der Waals surface area (Å²) in [4.78, 5) is 39.0. The van der Waals surface area contributed by atoms with Crippen LogP contribution in [0.1, 0.15) is 36.0 Å². The van der Waals surface area contributed by atoms with Crippen molar-refractivity contribution in [1.82, 2.24) is 4.90 Å². The molecule has 1 fully saturated rings. The predicted molar refractivity (Wildman–Crippen MR) is 153 cm³/mol. The molecule has 2 N–H and O–H groups in total. The largest absolute Gasteiger partial charge is 0.333 e. The van der Waals surface area contributed by atoms with Crippen molar-refractivity contribution in [3.8, 4) is 0 Å². The van der Waals surface area contributed by atoms with Gasteiger partial charge in [-0.2, -0.15) is 0 Å². The number of amides is 3. The summed E-state index contributed by atoms with van der Waals surface area (Å²) in [6.07, 6.45) is 8.57. The summed E-state index contributed by atoms with van der Waals surface area (Å²) in [6, 6.07) is 24.8. The Labute approximate surface area is 224 Å². The number of nitrogens with one attached hydrogen (secondary N) is 2. The van der Waals surface area contributed by atoms with E-state index in [1.54, 1.807) is 11.0 Å². The quantitative estimate of drug-likeness (QED) is 0.241. The van der Waals surface area contributed by atoms with Crippen LogP contribution in [0.15, 0.2) is 91.5 Å². The lowest BCUT2D eigenvalue weighted by molar-refractivity contribution is -0.134. The fourth-order valence-corrected chi connectivity index (χ4v) is 3.93. The van der Waals surface area contributed by atoms with Gasteiger partial charge in [0, 0.05) is 23.8 Å². The van der Waals surface area contributed by atoms with Crippen molar-refractivity contribution in [2.75, 3.05) is 23.7 Å². The molecule has 0 aromatic heterocycles. The van der Waals surface area contributed by atoms with Gasteiger partial charge >= 0.3 is 0 Å². The van der Waals surface area contributed by atoms with E-state index in [2.05, 4.69) is 17.2 Å². The smallest absolute Gasteiger partial charge is 0.243 e. The first-order chi connectivity index (χ1) is 18.5. The molecule has 3 aromatic rings. The molecule has 6 heteroatoms. The van der Waals surface area contributed by atoms with Gasteiger partial charge in [0.25, 0.3) is 0 Å². The summed E-state index contributed by atoms with van der Waals surface area (Å²) in [5.74, 6) is -0.0518. The van der Waals surface area contributed by atoms with Crippen molar-refractivity contribution < 1.29 is 14.4 Å². The Morgan fingerprint density at radius 3 is 1.95 bits per heavy atom. The van der Waals surface area contributed by atoms with Gasteiger partial charge in [-0.1, -0.05) is 72.8 Å². The molecule has 1 aliphatic rings. The number of anilines is 2. The molecular weight excluding hydrogens is 474 g/mol. The SMILES string of the molecule is C=CCCN(CC(=O)Nc1ccc(/C=C/c2ccc(NC(=O)C3CC3)cc2)cc1)C(=O)Cc1ccccc1. The molecule has 3 amide bonds. The van der Waals surface area contributed by atoms with Crippen molar-refractivity contribution in [1.29, 1.82) is 0 Å². The zero-order valence-electron chi connectivity index (χ0n) is 21.4. The lowest BCUT2D eigenvalue weighted by atomic mass is 10.1. The molecule has 0 spiro atoms. The highest BCUT2D eigenvalue weighted by Gasteiger charge is 2.29. The summed E-state index contributed by atoms with van der Waals surface area (Å²) in [6.45, 7) is 4.16. The van der Waals surface area contributed by atoms with Crippen LogP contribution in [0.2, 0.25) is 0 Å². The summed E-state index contributed by atoms with van der Waals surface area (Å²) >= 11 is 0. The Morgan fingerprint density at radius 2 is 1.39 bits per heavy atom. The molecule has 4 rings (SSSR count). The topological polar surface area (TPSA) is 78.5 Å². The minimum Gasteiger partial charge on any atom is -0.333 e. The van der Waals surface area contributed by atoms with E-state index in [0.29, 0.717) is 18.7 Å². The van der Waals surface area contributed by atoms with Crippen molar-refractivity contribution in [2.45, 2.75) is 25.7 Å². The fourth-order valence-electron chi connectivity index (χ4n) is 3.93. The lowest BCUT2D eigenvalue weighted by Gasteiger charge is -2.22. The third-order valence-corrected chi connectivity index (χ3v) is 6.28. The number of rotatable bonds is 12. The van der Waals surface area contributed by atoms with E-state index in [1.807, 2.05) is 91.0 Å². The average molecular weight is 508 g/mol. The Morgan fingerprint density at radius 1 is 0.816 bits per heavy atom. The maximum absolute atomic E-state index is 12.8. The Balaban J connectivity index is 1.28. The minimum atomic E-state index is -0.243. The number of nitrogens with zero attached hydrogens (tertiary/aromatic N) is 1. The summed E-state index contributed by atoms with van der Waals surface area (Å²) in [5, 5.41) is 5.83. The zero-order chi connectivity index (χ0) is 26.7. The number of benzene rings is 3. The molecule has 0 aliphatic heterocycles. The van der Waals surface area contributed by atoms with Gasteiger partial charge in [0.2, 0.25) is 17.7 Å². The van der Waals surface area contributed by atoms with E-state index >= 15 is 0 Å². The van der Waals surface area contributed by atoms with Crippen molar-refractivity contribution in [3.05, 3.63) is 108 Å². The van der Waals surface area contributed by atoms with Crippen LogP contribution in [-0.4, -0.2) is 35.7 Å². The van der Waals surface area contributed by atoms with Crippen LogP contribution in [0.25, 0.3) is 12.2 Å². The molecule has 1 saturated carbocycles. The van der Waals surface area contributed by atoms with Gasteiger partial charge in [-0.15, -0.1) is 6.58 Å². The highest BCUT2D eigenvalue weighted by molar-refractivity contribution is 5.95. The first-order valence-corrected chi connectivity index (χ1v) is 12.9. The summed E-state index contributed by atoms with van der Waals surface area (Å²) in [5.41, 5.74) is 4.40. The van der Waals surface area contributed by atoms with Crippen LogP contribution in [-0.2, 0) is 20.8 Å². The second kappa shape index (κ2) is 13.2. The number of carbonyl (C=O) groups excluding carboxylic acids is 3. The lowest BCUT2D eigenvalue weighted by Crippen LogP contribution is -2.39. The Kier molecular flexibility index (Phi) is 9.24. The Bertz CT molecular complexity index is 1280. The van der Waals surface area contributed by atoms with Crippen molar-refractivity contribution >= 4 is 41.2 Å². The summed E-state index contributed by atoms with van der Waals surface area (Å²) < 4.78 is 0. The van der Waals surface area contributed by atoms with Gasteiger partial charge in [0.15, 0.2) is 0 Å². The highest BCUT2D eigenvalue weighted by Crippen LogP contribution is 2.30. The fraction of sp³-hybridized carbons (Fsp3) is 0.219. The van der Waals surface area contributed by atoms with Gasteiger partial charge in [0.05, 0.1) is 13.0 Å². The van der Waals surface area contributed by atoms with E-state index in [1.165, 1.54) is 0 Å². The Hall–Kier alpha value is -4.45. The predicted octanol–water partition coefficient (Wildman–Crippen LogP) is 5.79. The van der Waals surface area contributed by atoms with E-state index < -0.39 is 0 Å². The van der Waals surface area contributed by atoms with E-state index in [9.17, 15) is 14.4 Å². The molecule has 0 saturated heterocycles. The first-order valence-electron chi connectivity index (χ1n) is 12.9. The number of hydrogen-bond acceptors (Lipinski definition) is 3. The van der Waals surface area contributed by atoms with Crippen LogP contribution in [0, 0.1) is 5.92 Å². The third kappa shape index (κ3) is 8.30. The molecule has 6 nitrogen and oxygen atoms in total. The molecule has 0 radical (unpaired) electrons. The molecule has 1 aliphatic carbocycles. The molecular formula is C32H33N3O3. The normalized spacial score (nSPS) is 12.6. The van der Waals surface area contributed by atoms with E-state index in [0.717, 1.165) is 35.2 Å². The average Bonchev–Trinajstić information content (AvgIpc) is 3.78. The third-order valence-electron chi connectivity index (χ3n) is 6.28. The van der Waals surface area contributed by atoms with Crippen LogP contribution in [0.4, 0.5) is 11.4 Å². The first kappa shape index (κ1) is 26.6. The van der Waals surface area contributed by atoms with Crippen LogP contribution >= 0.6 is 0 Å². The molecule has 194 valence electrons. The number of hydrogen-bond donors (Lipinski definition) is 2. The van der Waals surface area contributed by atoms with Crippen LogP contribution in [0.5, 0.6) is 0 Å². The zero-order valence-corrected chi connectivity index (χ0v) is 21.4. The molecule has 0 heterocycles. The second-order valence-corrected chi connectivity index (χ2v) is 9.44. The van der Waals surface area contributed by atoms with Gasteiger partial charge in [-0.25, -0.2) is 0 Å². The van der Waals surface area contributed by atoms with Crippen LogP contribution < -0.4 is 10.6 Å². The monoisotopic (exact) mass is 507 g/mol. The van der Waals surface area contributed by atoms with Gasteiger partial charge in [-0.3, -0.25) is 14.4 Å². The van der Waals surface area contributed by atoms with E-state index in [-0.39, 0.29) is 36.6 Å². The molecule has 0 bridgehead atoms. The van der Waals surface area contributed by atoms with Gasteiger partial charge < -0.3 is 15.5 Å². The maximum Gasteiger partial charge on any atom is 0.243 e. The van der Waals surface area contributed by atoms with Crippen molar-refractivity contribution in [2.24, 2.45) is 5.92 Å². The highest BCUT2D eigenvalue weighted by atomic mass is 16.2. The van der Waals surface area contributed by atoms with E-state index in [4.69, 9.17) is 0 Å². The van der Waals surface area contributed by atoms with Crippen LogP contribution in [0.3, 0.4) is 0 Å². The molecule has 38 heavy (non-hydrogen) atoms. The van der Waals surface area contributed by atoms with Crippen molar-refractivity contribution in [3.63, 3.8) is 0 Å². The molecule has 0 atom stereocenters. The standard InChI is InChI=1S/C32H33N3O3/c1-2-3-21-35(31(37)22-26-7-5-4-6-8-26)23-30(36)33-28-17-11-24(12-18-28)9-10-25-13-19-29(20-14-25)34-32(38)27-15-16-27/h2,4-14,17-20,27H,1,3,15-16,21-23H2,(H,33,36)(H,34,38)/b10-9+. The minimum absolute atomic E-state index is 0.0156. The van der Waals surface area contributed by atoms with Gasteiger partial charge in [-0.05, 0) is 60.2 Å². The second-order valence-electron chi connectivity index (χ2n) is 9.44.